The van der Waals surface area contributed by atoms with E-state index in [4.69, 9.17) is 11.6 Å². The van der Waals surface area contributed by atoms with Crippen LogP contribution in [0.15, 0.2) is 18.2 Å². The molecule has 2 unspecified atom stereocenters. The van der Waals surface area contributed by atoms with E-state index in [2.05, 4.69) is 4.98 Å². The fourth-order valence-corrected chi connectivity index (χ4v) is 3.54. The Morgan fingerprint density at radius 1 is 1.28 bits per heavy atom. The van der Waals surface area contributed by atoms with E-state index in [0.29, 0.717) is 22.8 Å². The predicted octanol–water partition coefficient (Wildman–Crippen LogP) is 3.14. The van der Waals surface area contributed by atoms with E-state index in [9.17, 15) is 4.79 Å². The number of piperidine rings is 1. The number of pyridine rings is 1. The Kier molecular flexibility index (Phi) is 3.25. The highest BCUT2D eigenvalue weighted by Gasteiger charge is 2.37. The fourth-order valence-electron chi connectivity index (χ4n) is 3.38. The Morgan fingerprint density at radius 3 is 2.94 bits per heavy atom. The molecule has 0 radical (unpaired) electrons. The summed E-state index contributed by atoms with van der Waals surface area (Å²) in [6, 6.07) is 5.69. The molecule has 1 aliphatic carbocycles. The van der Waals surface area contributed by atoms with Gasteiger partial charge in [0, 0.05) is 12.6 Å². The van der Waals surface area contributed by atoms with Crippen LogP contribution < -0.4 is 0 Å². The highest BCUT2D eigenvalue weighted by Crippen LogP contribution is 2.37. The van der Waals surface area contributed by atoms with Crippen molar-refractivity contribution >= 4 is 17.5 Å². The molecule has 2 aliphatic rings. The van der Waals surface area contributed by atoms with Crippen molar-refractivity contribution in [2.24, 2.45) is 5.92 Å². The first-order valence-corrected chi connectivity index (χ1v) is 7.07. The normalized spacial score (nSPS) is 27.1. The zero-order valence-electron chi connectivity index (χ0n) is 10.3. The van der Waals surface area contributed by atoms with E-state index >= 15 is 0 Å². The van der Waals surface area contributed by atoms with Crippen LogP contribution in [0.3, 0.4) is 0 Å². The lowest BCUT2D eigenvalue weighted by molar-refractivity contribution is 0.0542. The quantitative estimate of drug-likeness (QED) is 0.730. The minimum atomic E-state index is 0.0501. The standard InChI is InChI=1S/C14H17ClN2O/c15-13-8-2-6-11(16-13)14(18)17-9-3-5-10-4-1-7-12(10)17/h2,6,8,10,12H,1,3-5,7,9H2. The van der Waals surface area contributed by atoms with Crippen LogP contribution >= 0.6 is 11.6 Å². The van der Waals surface area contributed by atoms with Crippen molar-refractivity contribution in [1.29, 1.82) is 0 Å². The number of rotatable bonds is 1. The lowest BCUT2D eigenvalue weighted by Gasteiger charge is -2.37. The Hall–Kier alpha value is -1.09. The summed E-state index contributed by atoms with van der Waals surface area (Å²) < 4.78 is 0. The smallest absolute Gasteiger partial charge is 0.272 e. The molecule has 1 amide bonds. The molecule has 0 N–H and O–H groups in total. The summed E-state index contributed by atoms with van der Waals surface area (Å²) in [6.07, 6.45) is 6.07. The largest absolute Gasteiger partial charge is 0.334 e. The maximum absolute atomic E-state index is 12.5. The Labute approximate surface area is 112 Å². The third-order valence-electron chi connectivity index (χ3n) is 4.19. The molecule has 18 heavy (non-hydrogen) atoms. The number of carbonyl (C=O) groups excluding carboxylic acids is 1. The average Bonchev–Trinajstić information content (AvgIpc) is 2.86. The first kappa shape index (κ1) is 12.0. The minimum Gasteiger partial charge on any atom is -0.334 e. The van der Waals surface area contributed by atoms with E-state index < -0.39 is 0 Å². The molecule has 3 rings (SSSR count). The van der Waals surface area contributed by atoms with Crippen LogP contribution in [0.25, 0.3) is 0 Å². The highest BCUT2D eigenvalue weighted by atomic mass is 35.5. The number of hydrogen-bond acceptors (Lipinski definition) is 2. The lowest BCUT2D eigenvalue weighted by Crippen LogP contribution is -2.46. The Morgan fingerprint density at radius 2 is 2.11 bits per heavy atom. The molecule has 0 spiro atoms. The molecule has 0 aromatic carbocycles. The van der Waals surface area contributed by atoms with Gasteiger partial charge >= 0.3 is 0 Å². The van der Waals surface area contributed by atoms with Crippen LogP contribution in [-0.2, 0) is 0 Å². The summed E-state index contributed by atoms with van der Waals surface area (Å²) >= 11 is 5.86. The van der Waals surface area contributed by atoms with Crippen molar-refractivity contribution < 1.29 is 4.79 Å². The summed E-state index contributed by atoms with van der Waals surface area (Å²) in [5.74, 6) is 0.760. The monoisotopic (exact) mass is 264 g/mol. The molecule has 1 aliphatic heterocycles. The summed E-state index contributed by atoms with van der Waals surface area (Å²) in [5.41, 5.74) is 0.482. The van der Waals surface area contributed by atoms with Crippen molar-refractivity contribution in [1.82, 2.24) is 9.88 Å². The molecule has 0 bridgehead atoms. The molecule has 1 saturated carbocycles. The number of likely N-dealkylation sites (tertiary alicyclic amines) is 1. The second kappa shape index (κ2) is 4.88. The van der Waals surface area contributed by atoms with Gasteiger partial charge in [0.05, 0.1) is 0 Å². The van der Waals surface area contributed by atoms with Gasteiger partial charge in [-0.1, -0.05) is 24.1 Å². The van der Waals surface area contributed by atoms with Gasteiger partial charge in [0.15, 0.2) is 0 Å². The van der Waals surface area contributed by atoms with Crippen LogP contribution in [0.5, 0.6) is 0 Å². The van der Waals surface area contributed by atoms with Crippen LogP contribution in [0.1, 0.15) is 42.6 Å². The number of aromatic nitrogens is 1. The Balaban J connectivity index is 1.83. The Bertz CT molecular complexity index is 463. The van der Waals surface area contributed by atoms with Crippen molar-refractivity contribution in [3.05, 3.63) is 29.0 Å². The van der Waals surface area contributed by atoms with Crippen molar-refractivity contribution in [2.75, 3.05) is 6.54 Å². The van der Waals surface area contributed by atoms with E-state index in [1.54, 1.807) is 18.2 Å². The number of nitrogens with zero attached hydrogens (tertiary/aromatic N) is 2. The minimum absolute atomic E-state index is 0.0501. The molecule has 3 nitrogen and oxygen atoms in total. The fraction of sp³-hybridized carbons (Fsp3) is 0.571. The number of fused-ring (bicyclic) bond motifs is 1. The second-order valence-electron chi connectivity index (χ2n) is 5.24. The number of carbonyl (C=O) groups is 1. The van der Waals surface area contributed by atoms with E-state index in [0.717, 1.165) is 19.4 Å². The summed E-state index contributed by atoms with van der Waals surface area (Å²) in [7, 11) is 0. The number of amides is 1. The van der Waals surface area contributed by atoms with Gasteiger partial charge in [-0.2, -0.15) is 0 Å². The van der Waals surface area contributed by atoms with E-state index in [-0.39, 0.29) is 5.91 Å². The molecular formula is C14H17ClN2O. The SMILES string of the molecule is O=C(c1cccc(Cl)n1)N1CCCC2CCCC21. The second-order valence-corrected chi connectivity index (χ2v) is 5.63. The predicted molar refractivity (Wildman–Crippen MR) is 70.6 cm³/mol. The lowest BCUT2D eigenvalue weighted by atomic mass is 9.92. The van der Waals surface area contributed by atoms with Gasteiger partial charge in [-0.15, -0.1) is 0 Å². The van der Waals surface area contributed by atoms with Gasteiger partial charge in [0.2, 0.25) is 0 Å². The van der Waals surface area contributed by atoms with Crippen LogP contribution in [-0.4, -0.2) is 28.4 Å². The summed E-state index contributed by atoms with van der Waals surface area (Å²) in [6.45, 7) is 0.869. The zero-order chi connectivity index (χ0) is 12.5. The molecule has 2 heterocycles. The van der Waals surface area contributed by atoms with E-state index in [1.165, 1.54) is 19.3 Å². The molecule has 1 aromatic rings. The van der Waals surface area contributed by atoms with Crippen molar-refractivity contribution in [2.45, 2.75) is 38.1 Å². The van der Waals surface area contributed by atoms with Gasteiger partial charge < -0.3 is 4.90 Å². The maximum Gasteiger partial charge on any atom is 0.272 e. The van der Waals surface area contributed by atoms with E-state index in [1.807, 2.05) is 4.90 Å². The van der Waals surface area contributed by atoms with Gasteiger partial charge in [-0.3, -0.25) is 4.79 Å². The van der Waals surface area contributed by atoms with Gasteiger partial charge in [-0.05, 0) is 43.7 Å². The van der Waals surface area contributed by atoms with Gasteiger partial charge in [0.1, 0.15) is 10.8 Å². The van der Waals surface area contributed by atoms with Crippen LogP contribution in [0.2, 0.25) is 5.15 Å². The van der Waals surface area contributed by atoms with Crippen LogP contribution in [0.4, 0.5) is 0 Å². The first-order chi connectivity index (χ1) is 8.75. The first-order valence-electron chi connectivity index (χ1n) is 6.69. The van der Waals surface area contributed by atoms with Crippen molar-refractivity contribution in [3.63, 3.8) is 0 Å². The maximum atomic E-state index is 12.5. The molecule has 1 saturated heterocycles. The third-order valence-corrected chi connectivity index (χ3v) is 4.40. The third kappa shape index (κ3) is 2.12. The van der Waals surface area contributed by atoms with Crippen molar-refractivity contribution in [3.8, 4) is 0 Å². The van der Waals surface area contributed by atoms with Crippen LogP contribution in [0, 0.1) is 5.92 Å². The molecule has 2 atom stereocenters. The molecule has 2 fully saturated rings. The molecular weight excluding hydrogens is 248 g/mol. The average molecular weight is 265 g/mol. The topological polar surface area (TPSA) is 33.2 Å². The zero-order valence-corrected chi connectivity index (χ0v) is 11.1. The highest BCUT2D eigenvalue weighted by molar-refractivity contribution is 6.29. The summed E-state index contributed by atoms with van der Waals surface area (Å²) in [5, 5.41) is 0.390. The number of halogens is 1. The van der Waals surface area contributed by atoms with Gasteiger partial charge in [0.25, 0.3) is 5.91 Å². The molecule has 1 aromatic heterocycles. The molecule has 4 heteroatoms. The molecule has 96 valence electrons. The number of hydrogen-bond donors (Lipinski definition) is 0. The summed E-state index contributed by atoms with van der Waals surface area (Å²) in [4.78, 5) is 18.7. The van der Waals surface area contributed by atoms with Gasteiger partial charge in [-0.25, -0.2) is 4.98 Å².